The molecular formula is C11H14N2OS. The summed E-state index contributed by atoms with van der Waals surface area (Å²) < 4.78 is 0. The van der Waals surface area contributed by atoms with E-state index in [0.717, 1.165) is 18.7 Å². The fourth-order valence-electron chi connectivity index (χ4n) is 1.70. The minimum Gasteiger partial charge on any atom is -0.324 e. The molecule has 1 amide bonds. The first-order valence-corrected chi connectivity index (χ1v) is 6.20. The lowest BCUT2D eigenvalue weighted by Crippen LogP contribution is -2.29. The van der Waals surface area contributed by atoms with Crippen molar-refractivity contribution in [3.8, 4) is 0 Å². The van der Waals surface area contributed by atoms with Gasteiger partial charge in [-0.1, -0.05) is 13.0 Å². The van der Waals surface area contributed by atoms with Gasteiger partial charge in [0, 0.05) is 12.7 Å². The molecule has 2 rings (SSSR count). The average molecular weight is 222 g/mol. The molecule has 0 spiro atoms. The fraction of sp³-hybridized carbons (Fsp3) is 0.455. The topological polar surface area (TPSA) is 33.2 Å². The van der Waals surface area contributed by atoms with E-state index in [9.17, 15) is 4.79 Å². The molecular weight excluding hydrogens is 208 g/mol. The lowest BCUT2D eigenvalue weighted by atomic mass is 10.3. The summed E-state index contributed by atoms with van der Waals surface area (Å²) in [6.07, 6.45) is 2.78. The van der Waals surface area contributed by atoms with Crippen LogP contribution < -0.4 is 0 Å². The first-order chi connectivity index (χ1) is 7.33. The number of aromatic nitrogens is 1. The van der Waals surface area contributed by atoms with E-state index < -0.39 is 0 Å². The minimum absolute atomic E-state index is 0.124. The maximum absolute atomic E-state index is 11.6. The second-order valence-corrected chi connectivity index (χ2v) is 4.57. The van der Waals surface area contributed by atoms with Gasteiger partial charge in [-0.05, 0) is 18.6 Å². The van der Waals surface area contributed by atoms with Crippen molar-refractivity contribution in [1.82, 2.24) is 9.88 Å². The molecule has 0 saturated carbocycles. The first-order valence-electron chi connectivity index (χ1n) is 5.15. The Bertz CT molecular complexity index is 342. The van der Waals surface area contributed by atoms with Gasteiger partial charge in [0.05, 0.1) is 11.4 Å². The summed E-state index contributed by atoms with van der Waals surface area (Å²) in [5.74, 6) is 0.818. The largest absolute Gasteiger partial charge is 0.324 e. The quantitative estimate of drug-likeness (QED) is 0.785. The van der Waals surface area contributed by atoms with Gasteiger partial charge in [-0.2, -0.15) is 0 Å². The highest BCUT2D eigenvalue weighted by molar-refractivity contribution is 8.00. The van der Waals surface area contributed by atoms with Gasteiger partial charge in [-0.3, -0.25) is 9.78 Å². The molecule has 2 heterocycles. The number of amides is 1. The maximum atomic E-state index is 11.6. The van der Waals surface area contributed by atoms with E-state index in [2.05, 4.69) is 11.9 Å². The SMILES string of the molecule is CCCN1C(=O)CSC1c1ccccn1. The summed E-state index contributed by atoms with van der Waals surface area (Å²) in [4.78, 5) is 17.9. The summed E-state index contributed by atoms with van der Waals surface area (Å²) in [5, 5.41) is 0.124. The number of rotatable bonds is 3. The van der Waals surface area contributed by atoms with Gasteiger partial charge in [0.1, 0.15) is 5.37 Å². The number of pyridine rings is 1. The van der Waals surface area contributed by atoms with Gasteiger partial charge in [-0.25, -0.2) is 0 Å². The zero-order valence-corrected chi connectivity index (χ0v) is 9.54. The van der Waals surface area contributed by atoms with E-state index in [1.165, 1.54) is 0 Å². The Labute approximate surface area is 93.9 Å². The molecule has 1 unspecified atom stereocenters. The summed E-state index contributed by atoms with van der Waals surface area (Å²) in [6, 6.07) is 5.85. The van der Waals surface area contributed by atoms with Gasteiger partial charge >= 0.3 is 0 Å². The molecule has 0 bridgehead atoms. The number of thioether (sulfide) groups is 1. The number of nitrogens with zero attached hydrogens (tertiary/aromatic N) is 2. The van der Waals surface area contributed by atoms with Crippen molar-refractivity contribution in [1.29, 1.82) is 0 Å². The Morgan fingerprint density at radius 3 is 3.13 bits per heavy atom. The Morgan fingerprint density at radius 2 is 2.47 bits per heavy atom. The monoisotopic (exact) mass is 222 g/mol. The van der Waals surface area contributed by atoms with Crippen LogP contribution in [0, 0.1) is 0 Å². The van der Waals surface area contributed by atoms with Gasteiger partial charge in [-0.15, -0.1) is 11.8 Å². The molecule has 1 aliphatic heterocycles. The Balaban J connectivity index is 2.18. The predicted molar refractivity (Wildman–Crippen MR) is 61.4 cm³/mol. The molecule has 1 aromatic heterocycles. The third-order valence-corrected chi connectivity index (χ3v) is 3.60. The van der Waals surface area contributed by atoms with E-state index in [0.29, 0.717) is 5.75 Å². The second kappa shape index (κ2) is 4.66. The van der Waals surface area contributed by atoms with E-state index in [-0.39, 0.29) is 11.3 Å². The number of hydrogen-bond acceptors (Lipinski definition) is 3. The van der Waals surface area contributed by atoms with E-state index in [4.69, 9.17) is 0 Å². The van der Waals surface area contributed by atoms with Crippen molar-refractivity contribution in [3.63, 3.8) is 0 Å². The Morgan fingerprint density at radius 1 is 1.60 bits per heavy atom. The van der Waals surface area contributed by atoms with Gasteiger partial charge in [0.25, 0.3) is 0 Å². The molecule has 80 valence electrons. The van der Waals surface area contributed by atoms with E-state index in [1.54, 1.807) is 18.0 Å². The van der Waals surface area contributed by atoms with Crippen LogP contribution in [0.15, 0.2) is 24.4 Å². The zero-order valence-electron chi connectivity index (χ0n) is 8.72. The standard InChI is InChI=1S/C11H14N2OS/c1-2-7-13-10(14)8-15-11(13)9-5-3-4-6-12-9/h3-6,11H,2,7-8H2,1H3. The van der Waals surface area contributed by atoms with Crippen molar-refractivity contribution in [2.24, 2.45) is 0 Å². The summed E-state index contributed by atoms with van der Waals surface area (Å²) in [5.41, 5.74) is 0.988. The van der Waals surface area contributed by atoms with Crippen LogP contribution in [0.2, 0.25) is 0 Å². The molecule has 1 aromatic rings. The van der Waals surface area contributed by atoms with Crippen LogP contribution in [-0.4, -0.2) is 28.1 Å². The lowest BCUT2D eigenvalue weighted by molar-refractivity contribution is -0.128. The van der Waals surface area contributed by atoms with Crippen LogP contribution in [0.4, 0.5) is 0 Å². The van der Waals surface area contributed by atoms with Crippen molar-refractivity contribution in [2.75, 3.05) is 12.3 Å². The normalized spacial score (nSPS) is 21.0. The average Bonchev–Trinajstić information content (AvgIpc) is 2.63. The minimum atomic E-state index is 0.124. The highest BCUT2D eigenvalue weighted by Crippen LogP contribution is 2.37. The Hall–Kier alpha value is -1.03. The van der Waals surface area contributed by atoms with Crippen molar-refractivity contribution < 1.29 is 4.79 Å². The number of hydrogen-bond donors (Lipinski definition) is 0. The highest BCUT2D eigenvalue weighted by Gasteiger charge is 2.32. The highest BCUT2D eigenvalue weighted by atomic mass is 32.2. The summed E-state index contributed by atoms with van der Waals surface area (Å²) in [7, 11) is 0. The third kappa shape index (κ3) is 2.15. The zero-order chi connectivity index (χ0) is 10.7. The van der Waals surface area contributed by atoms with Gasteiger partial charge < -0.3 is 4.90 Å². The molecule has 1 aliphatic rings. The third-order valence-electron chi connectivity index (χ3n) is 2.37. The van der Waals surface area contributed by atoms with Crippen LogP contribution in [0.25, 0.3) is 0 Å². The van der Waals surface area contributed by atoms with Crippen LogP contribution in [0.1, 0.15) is 24.4 Å². The maximum Gasteiger partial charge on any atom is 0.233 e. The molecule has 0 aromatic carbocycles. The van der Waals surface area contributed by atoms with Crippen molar-refractivity contribution in [3.05, 3.63) is 30.1 Å². The summed E-state index contributed by atoms with van der Waals surface area (Å²) in [6.45, 7) is 2.92. The van der Waals surface area contributed by atoms with E-state index >= 15 is 0 Å². The van der Waals surface area contributed by atoms with Crippen molar-refractivity contribution in [2.45, 2.75) is 18.7 Å². The molecule has 1 fully saturated rings. The van der Waals surface area contributed by atoms with Crippen LogP contribution in [-0.2, 0) is 4.79 Å². The number of carbonyl (C=O) groups excluding carboxylic acids is 1. The van der Waals surface area contributed by atoms with Gasteiger partial charge in [0.15, 0.2) is 0 Å². The van der Waals surface area contributed by atoms with Crippen LogP contribution in [0.3, 0.4) is 0 Å². The smallest absolute Gasteiger partial charge is 0.233 e. The molecule has 1 atom stereocenters. The molecule has 15 heavy (non-hydrogen) atoms. The van der Waals surface area contributed by atoms with Gasteiger partial charge in [0.2, 0.25) is 5.91 Å². The van der Waals surface area contributed by atoms with Crippen LogP contribution >= 0.6 is 11.8 Å². The first kappa shape index (κ1) is 10.5. The Kier molecular flexibility index (Phi) is 3.26. The molecule has 1 saturated heterocycles. The lowest BCUT2D eigenvalue weighted by Gasteiger charge is -2.22. The van der Waals surface area contributed by atoms with Crippen molar-refractivity contribution >= 4 is 17.7 Å². The molecule has 0 N–H and O–H groups in total. The summed E-state index contributed by atoms with van der Waals surface area (Å²) >= 11 is 1.67. The molecule has 3 nitrogen and oxygen atoms in total. The molecule has 4 heteroatoms. The van der Waals surface area contributed by atoms with Crippen LogP contribution in [0.5, 0.6) is 0 Å². The fourth-order valence-corrected chi connectivity index (χ4v) is 2.88. The molecule has 0 aliphatic carbocycles. The second-order valence-electron chi connectivity index (χ2n) is 3.51. The van der Waals surface area contributed by atoms with E-state index in [1.807, 2.05) is 23.1 Å². The number of carbonyl (C=O) groups is 1. The molecule has 0 radical (unpaired) electrons. The predicted octanol–water partition coefficient (Wildman–Crippen LogP) is 2.07.